The van der Waals surface area contributed by atoms with E-state index in [0.717, 1.165) is 37.4 Å². The standard InChI is InChI=1S/C17H26N4O2/c1-13(2)23-15-7-5-14(6-8-15)20-17(18)19-10-9-16(22)21-11-3-4-12-21/h5-8,13H,3-4,9-12H2,1-2H3,(H3,18,19,20). The van der Waals surface area contributed by atoms with Gasteiger partial charge in [0.1, 0.15) is 5.75 Å². The Morgan fingerprint density at radius 2 is 1.96 bits per heavy atom. The summed E-state index contributed by atoms with van der Waals surface area (Å²) in [7, 11) is 0. The molecule has 126 valence electrons. The quantitative estimate of drug-likeness (QED) is 0.622. The molecule has 1 aliphatic rings. The number of nitrogens with zero attached hydrogens (tertiary/aromatic N) is 2. The molecule has 1 heterocycles. The number of amides is 1. The number of anilines is 1. The van der Waals surface area contributed by atoms with Crippen LogP contribution in [0.4, 0.5) is 5.69 Å². The second-order valence-electron chi connectivity index (χ2n) is 5.92. The van der Waals surface area contributed by atoms with Crippen molar-refractivity contribution in [3.05, 3.63) is 24.3 Å². The van der Waals surface area contributed by atoms with E-state index in [2.05, 4.69) is 10.3 Å². The van der Waals surface area contributed by atoms with Gasteiger partial charge in [-0.2, -0.15) is 0 Å². The topological polar surface area (TPSA) is 80.0 Å². The molecule has 1 saturated heterocycles. The highest BCUT2D eigenvalue weighted by Gasteiger charge is 2.16. The molecule has 0 aliphatic carbocycles. The molecule has 1 amide bonds. The van der Waals surface area contributed by atoms with E-state index >= 15 is 0 Å². The van der Waals surface area contributed by atoms with E-state index in [4.69, 9.17) is 10.5 Å². The van der Waals surface area contributed by atoms with Gasteiger partial charge in [0.15, 0.2) is 5.96 Å². The number of nitrogens with one attached hydrogen (secondary N) is 1. The van der Waals surface area contributed by atoms with Crippen LogP contribution in [0.25, 0.3) is 0 Å². The van der Waals surface area contributed by atoms with Crippen LogP contribution in [0.15, 0.2) is 29.3 Å². The van der Waals surface area contributed by atoms with Crippen LogP contribution in [0, 0.1) is 0 Å². The van der Waals surface area contributed by atoms with Gasteiger partial charge in [-0.3, -0.25) is 9.79 Å². The molecule has 6 nitrogen and oxygen atoms in total. The minimum Gasteiger partial charge on any atom is -0.491 e. The fraction of sp³-hybridized carbons (Fsp3) is 0.529. The van der Waals surface area contributed by atoms with Gasteiger partial charge in [0, 0.05) is 25.2 Å². The van der Waals surface area contributed by atoms with E-state index in [9.17, 15) is 4.79 Å². The molecule has 0 unspecified atom stereocenters. The van der Waals surface area contributed by atoms with E-state index in [-0.39, 0.29) is 12.0 Å². The zero-order valence-electron chi connectivity index (χ0n) is 13.9. The number of carbonyl (C=O) groups excluding carboxylic acids is 1. The number of nitrogens with two attached hydrogens (primary N) is 1. The molecule has 2 rings (SSSR count). The monoisotopic (exact) mass is 318 g/mol. The third-order valence-electron chi connectivity index (χ3n) is 3.57. The highest BCUT2D eigenvalue weighted by atomic mass is 16.5. The molecule has 23 heavy (non-hydrogen) atoms. The highest BCUT2D eigenvalue weighted by molar-refractivity contribution is 5.92. The van der Waals surface area contributed by atoms with E-state index in [0.29, 0.717) is 18.9 Å². The van der Waals surface area contributed by atoms with Gasteiger partial charge in [-0.1, -0.05) is 0 Å². The lowest BCUT2D eigenvalue weighted by Gasteiger charge is -2.14. The van der Waals surface area contributed by atoms with Crippen molar-refractivity contribution in [3.63, 3.8) is 0 Å². The van der Waals surface area contributed by atoms with Crippen molar-refractivity contribution in [1.82, 2.24) is 4.90 Å². The van der Waals surface area contributed by atoms with E-state index in [1.165, 1.54) is 0 Å². The summed E-state index contributed by atoms with van der Waals surface area (Å²) < 4.78 is 5.58. The Kier molecular flexibility index (Phi) is 6.26. The number of guanidine groups is 1. The number of likely N-dealkylation sites (tertiary alicyclic amines) is 1. The van der Waals surface area contributed by atoms with Crippen molar-refractivity contribution in [1.29, 1.82) is 0 Å². The molecule has 0 radical (unpaired) electrons. The SMILES string of the molecule is CC(C)Oc1ccc(NC(N)=NCCC(=O)N2CCCC2)cc1. The Labute approximate surface area is 137 Å². The average Bonchev–Trinajstić information content (AvgIpc) is 3.03. The molecule has 1 fully saturated rings. The van der Waals surface area contributed by atoms with E-state index in [1.807, 2.05) is 43.0 Å². The van der Waals surface area contributed by atoms with Gasteiger partial charge < -0.3 is 20.7 Å². The van der Waals surface area contributed by atoms with Gasteiger partial charge in [-0.15, -0.1) is 0 Å². The van der Waals surface area contributed by atoms with Gasteiger partial charge in [0.2, 0.25) is 5.91 Å². The number of hydrogen-bond donors (Lipinski definition) is 2. The number of aliphatic imine (C=N–C) groups is 1. The van der Waals surface area contributed by atoms with Crippen LogP contribution in [0.5, 0.6) is 5.75 Å². The van der Waals surface area contributed by atoms with Crippen molar-refractivity contribution in [2.24, 2.45) is 10.7 Å². The Hall–Kier alpha value is -2.24. The molecule has 0 bridgehead atoms. The average molecular weight is 318 g/mol. The van der Waals surface area contributed by atoms with Gasteiger partial charge in [0.25, 0.3) is 0 Å². The minimum atomic E-state index is 0.147. The number of rotatable bonds is 6. The molecular formula is C17H26N4O2. The zero-order chi connectivity index (χ0) is 16.7. The number of benzene rings is 1. The number of carbonyl (C=O) groups is 1. The van der Waals surface area contributed by atoms with E-state index < -0.39 is 0 Å². The smallest absolute Gasteiger partial charge is 0.224 e. The fourth-order valence-corrected chi connectivity index (χ4v) is 2.47. The van der Waals surface area contributed by atoms with Crippen molar-refractivity contribution in [2.45, 2.75) is 39.2 Å². The van der Waals surface area contributed by atoms with Gasteiger partial charge in [0.05, 0.1) is 12.6 Å². The summed E-state index contributed by atoms with van der Waals surface area (Å²) >= 11 is 0. The second-order valence-corrected chi connectivity index (χ2v) is 5.92. The maximum Gasteiger partial charge on any atom is 0.224 e. The Morgan fingerprint density at radius 1 is 1.30 bits per heavy atom. The molecule has 6 heteroatoms. The summed E-state index contributed by atoms with van der Waals surface area (Å²) in [6, 6.07) is 7.53. The molecule has 1 aromatic rings. The van der Waals surface area contributed by atoms with Crippen LogP contribution >= 0.6 is 0 Å². The summed E-state index contributed by atoms with van der Waals surface area (Å²) in [6.45, 7) is 6.13. The normalized spacial score (nSPS) is 15.1. The number of ether oxygens (including phenoxy) is 1. The van der Waals surface area contributed by atoms with Gasteiger partial charge >= 0.3 is 0 Å². The van der Waals surface area contributed by atoms with E-state index in [1.54, 1.807) is 0 Å². The molecule has 0 aromatic heterocycles. The van der Waals surface area contributed by atoms with Crippen LogP contribution in [-0.2, 0) is 4.79 Å². The largest absolute Gasteiger partial charge is 0.491 e. The Balaban J connectivity index is 1.76. The van der Waals surface area contributed by atoms with Crippen molar-refractivity contribution in [3.8, 4) is 5.75 Å². The molecule has 0 saturated carbocycles. The van der Waals surface area contributed by atoms with Crippen molar-refractivity contribution in [2.75, 3.05) is 25.0 Å². The maximum atomic E-state index is 11.9. The summed E-state index contributed by atoms with van der Waals surface area (Å²) in [5.74, 6) is 1.29. The lowest BCUT2D eigenvalue weighted by Crippen LogP contribution is -2.28. The molecular weight excluding hydrogens is 292 g/mol. The predicted molar refractivity (Wildman–Crippen MR) is 92.7 cm³/mol. The van der Waals surface area contributed by atoms with Gasteiger partial charge in [-0.25, -0.2) is 0 Å². The van der Waals surface area contributed by atoms with Crippen LogP contribution in [0.3, 0.4) is 0 Å². The first-order chi connectivity index (χ1) is 11.0. The second kappa shape index (κ2) is 8.41. The molecule has 1 aromatic carbocycles. The fourth-order valence-electron chi connectivity index (χ4n) is 2.47. The Morgan fingerprint density at radius 3 is 2.57 bits per heavy atom. The lowest BCUT2D eigenvalue weighted by molar-refractivity contribution is -0.129. The minimum absolute atomic E-state index is 0.147. The van der Waals surface area contributed by atoms with Crippen LogP contribution in [-0.4, -0.2) is 42.5 Å². The molecule has 1 aliphatic heterocycles. The Bertz CT molecular complexity index is 534. The molecule has 0 atom stereocenters. The first-order valence-electron chi connectivity index (χ1n) is 8.16. The van der Waals surface area contributed by atoms with Crippen molar-refractivity contribution >= 4 is 17.6 Å². The lowest BCUT2D eigenvalue weighted by atomic mass is 10.3. The predicted octanol–water partition coefficient (Wildman–Crippen LogP) is 2.21. The third-order valence-corrected chi connectivity index (χ3v) is 3.57. The van der Waals surface area contributed by atoms with Crippen LogP contribution in [0.1, 0.15) is 33.1 Å². The first kappa shape index (κ1) is 17.1. The zero-order valence-corrected chi connectivity index (χ0v) is 13.9. The van der Waals surface area contributed by atoms with Crippen LogP contribution < -0.4 is 15.8 Å². The highest BCUT2D eigenvalue weighted by Crippen LogP contribution is 2.16. The molecule has 0 spiro atoms. The maximum absolute atomic E-state index is 11.9. The summed E-state index contributed by atoms with van der Waals surface area (Å²) in [5.41, 5.74) is 6.69. The van der Waals surface area contributed by atoms with Crippen molar-refractivity contribution < 1.29 is 9.53 Å². The van der Waals surface area contributed by atoms with Crippen LogP contribution in [0.2, 0.25) is 0 Å². The summed E-state index contributed by atoms with van der Waals surface area (Å²) in [6.07, 6.45) is 2.77. The number of hydrogen-bond acceptors (Lipinski definition) is 3. The first-order valence-corrected chi connectivity index (χ1v) is 8.16. The third kappa shape index (κ3) is 5.81. The van der Waals surface area contributed by atoms with Gasteiger partial charge in [-0.05, 0) is 51.0 Å². The summed E-state index contributed by atoms with van der Waals surface area (Å²) in [5, 5.41) is 3.01. The molecule has 3 N–H and O–H groups in total. The summed E-state index contributed by atoms with van der Waals surface area (Å²) in [4.78, 5) is 18.0.